The Bertz CT molecular complexity index is 733. The number of benzene rings is 1. The maximum absolute atomic E-state index is 11.8. The van der Waals surface area contributed by atoms with Gasteiger partial charge in [-0.2, -0.15) is 5.10 Å². The largest absolute Gasteiger partial charge is 0.369 e. The Morgan fingerprint density at radius 2 is 1.96 bits per heavy atom. The number of amides is 1. The molecule has 1 heterocycles. The summed E-state index contributed by atoms with van der Waals surface area (Å²) in [7, 11) is 0. The first kappa shape index (κ1) is 18.7. The summed E-state index contributed by atoms with van der Waals surface area (Å²) >= 11 is 0. The van der Waals surface area contributed by atoms with Crippen LogP contribution in [0.3, 0.4) is 0 Å². The lowest BCUT2D eigenvalue weighted by molar-refractivity contribution is -0.128. The molecule has 0 bridgehead atoms. The number of carbonyl (C=O) groups is 1. The first-order valence-electron chi connectivity index (χ1n) is 10.1. The van der Waals surface area contributed by atoms with Crippen LogP contribution in [0.25, 0.3) is 10.9 Å². The van der Waals surface area contributed by atoms with E-state index in [-0.39, 0.29) is 5.91 Å². The van der Waals surface area contributed by atoms with Gasteiger partial charge in [-0.25, -0.2) is 0 Å². The molecule has 26 heavy (non-hydrogen) atoms. The molecule has 0 saturated heterocycles. The number of fused-ring (bicyclic) bond motifs is 1. The number of H-pyrrole nitrogens is 1. The summed E-state index contributed by atoms with van der Waals surface area (Å²) in [6, 6.07) is 4.67. The van der Waals surface area contributed by atoms with Gasteiger partial charge in [0.25, 0.3) is 0 Å². The topological polar surface area (TPSA) is 52.2 Å². The molecule has 1 aliphatic rings. The molecule has 1 fully saturated rings. The van der Waals surface area contributed by atoms with E-state index in [4.69, 9.17) is 0 Å². The fourth-order valence-corrected chi connectivity index (χ4v) is 4.21. The van der Waals surface area contributed by atoms with E-state index in [0.717, 1.165) is 38.1 Å². The van der Waals surface area contributed by atoms with Gasteiger partial charge >= 0.3 is 0 Å². The third-order valence-electron chi connectivity index (χ3n) is 5.69. The number of aromatic amines is 1. The summed E-state index contributed by atoms with van der Waals surface area (Å²) in [5.74, 6) is 0.825. The van der Waals surface area contributed by atoms with Crippen molar-refractivity contribution in [1.29, 1.82) is 0 Å². The maximum Gasteiger partial charge on any atom is 0.219 e. The zero-order chi connectivity index (χ0) is 18.5. The van der Waals surface area contributed by atoms with Crippen LogP contribution < -0.4 is 4.90 Å². The SMILES string of the molecule is CCCN(CCN(CC)C(C)=O)c1cc(C2CCCC2)cc2[nH]ncc12. The Morgan fingerprint density at radius 3 is 2.62 bits per heavy atom. The molecule has 0 atom stereocenters. The Balaban J connectivity index is 1.90. The first-order valence-corrected chi connectivity index (χ1v) is 10.1. The van der Waals surface area contributed by atoms with Crippen LogP contribution in [-0.2, 0) is 4.79 Å². The van der Waals surface area contributed by atoms with Gasteiger partial charge in [-0.1, -0.05) is 19.8 Å². The van der Waals surface area contributed by atoms with Crippen molar-refractivity contribution in [3.8, 4) is 0 Å². The molecule has 0 spiro atoms. The number of aromatic nitrogens is 2. The highest BCUT2D eigenvalue weighted by molar-refractivity contribution is 5.92. The van der Waals surface area contributed by atoms with Gasteiger partial charge in [0, 0.05) is 44.2 Å². The molecule has 2 aromatic rings. The average Bonchev–Trinajstić information content (AvgIpc) is 3.31. The second-order valence-electron chi connectivity index (χ2n) is 7.44. The van der Waals surface area contributed by atoms with Gasteiger partial charge in [0.2, 0.25) is 5.91 Å². The van der Waals surface area contributed by atoms with Gasteiger partial charge in [0.15, 0.2) is 0 Å². The van der Waals surface area contributed by atoms with Crippen molar-refractivity contribution >= 4 is 22.5 Å². The minimum Gasteiger partial charge on any atom is -0.369 e. The smallest absolute Gasteiger partial charge is 0.219 e. The van der Waals surface area contributed by atoms with E-state index in [2.05, 4.69) is 34.2 Å². The Hall–Kier alpha value is -2.04. The van der Waals surface area contributed by atoms with E-state index in [9.17, 15) is 4.79 Å². The summed E-state index contributed by atoms with van der Waals surface area (Å²) in [5, 5.41) is 8.66. The number of anilines is 1. The molecule has 1 N–H and O–H groups in total. The highest BCUT2D eigenvalue weighted by Crippen LogP contribution is 2.38. The molecule has 5 heteroatoms. The molecule has 1 aromatic heterocycles. The summed E-state index contributed by atoms with van der Waals surface area (Å²) < 4.78 is 0. The van der Waals surface area contributed by atoms with Gasteiger partial charge in [0.1, 0.15) is 0 Å². The van der Waals surface area contributed by atoms with Crippen molar-refractivity contribution in [3.63, 3.8) is 0 Å². The van der Waals surface area contributed by atoms with Crippen LogP contribution in [0.15, 0.2) is 18.3 Å². The van der Waals surface area contributed by atoms with Crippen molar-refractivity contribution in [2.24, 2.45) is 0 Å². The van der Waals surface area contributed by atoms with Gasteiger partial charge < -0.3 is 9.80 Å². The average molecular weight is 357 g/mol. The predicted octanol–water partition coefficient (Wildman–Crippen LogP) is 4.31. The summed E-state index contributed by atoms with van der Waals surface area (Å²) in [6.07, 6.45) is 8.28. The molecule has 1 saturated carbocycles. The van der Waals surface area contributed by atoms with Crippen LogP contribution in [0.2, 0.25) is 0 Å². The lowest BCUT2D eigenvalue weighted by Gasteiger charge is -2.29. The fraction of sp³-hybridized carbons (Fsp3) is 0.619. The Labute approximate surface area is 156 Å². The quantitative estimate of drug-likeness (QED) is 0.767. The Kier molecular flexibility index (Phi) is 6.17. The lowest BCUT2D eigenvalue weighted by Crippen LogP contribution is -2.38. The summed E-state index contributed by atoms with van der Waals surface area (Å²) in [4.78, 5) is 16.1. The van der Waals surface area contributed by atoms with Crippen LogP contribution in [-0.4, -0.2) is 47.2 Å². The lowest BCUT2D eigenvalue weighted by atomic mass is 9.95. The van der Waals surface area contributed by atoms with Crippen molar-refractivity contribution in [2.75, 3.05) is 31.1 Å². The number of likely N-dealkylation sites (N-methyl/N-ethyl adjacent to an activating group) is 1. The minimum absolute atomic E-state index is 0.150. The van der Waals surface area contributed by atoms with Crippen LogP contribution in [0, 0.1) is 0 Å². The number of nitrogens with one attached hydrogen (secondary N) is 1. The molecule has 1 aliphatic carbocycles. The number of nitrogens with zero attached hydrogens (tertiary/aromatic N) is 3. The number of hydrogen-bond donors (Lipinski definition) is 1. The van der Waals surface area contributed by atoms with E-state index in [0.29, 0.717) is 5.92 Å². The van der Waals surface area contributed by atoms with Crippen molar-refractivity contribution in [1.82, 2.24) is 15.1 Å². The van der Waals surface area contributed by atoms with Gasteiger partial charge in [-0.15, -0.1) is 0 Å². The zero-order valence-corrected chi connectivity index (χ0v) is 16.4. The van der Waals surface area contributed by atoms with Gasteiger partial charge in [-0.3, -0.25) is 9.89 Å². The van der Waals surface area contributed by atoms with Crippen LogP contribution >= 0.6 is 0 Å². The second-order valence-corrected chi connectivity index (χ2v) is 7.44. The standard InChI is InChI=1S/C21H32N4O/c1-4-10-25(12-11-24(5-2)16(3)26)21-14-18(17-8-6-7-9-17)13-20-19(21)15-22-23-20/h13-15,17H,4-12H2,1-3H3,(H,22,23). The molecule has 3 rings (SSSR count). The van der Waals surface area contributed by atoms with E-state index in [1.807, 2.05) is 18.0 Å². The number of carbonyl (C=O) groups excluding carboxylic acids is 1. The fourth-order valence-electron chi connectivity index (χ4n) is 4.21. The van der Waals surface area contributed by atoms with Crippen molar-refractivity contribution in [2.45, 2.75) is 58.8 Å². The van der Waals surface area contributed by atoms with Gasteiger partial charge in [0.05, 0.1) is 11.7 Å². The van der Waals surface area contributed by atoms with E-state index >= 15 is 0 Å². The Morgan fingerprint density at radius 1 is 1.19 bits per heavy atom. The minimum atomic E-state index is 0.150. The number of rotatable bonds is 8. The van der Waals surface area contributed by atoms with Gasteiger partial charge in [-0.05, 0) is 49.8 Å². The monoisotopic (exact) mass is 356 g/mol. The molecule has 5 nitrogen and oxygen atoms in total. The zero-order valence-electron chi connectivity index (χ0n) is 16.4. The highest BCUT2D eigenvalue weighted by atomic mass is 16.2. The normalized spacial score (nSPS) is 14.9. The van der Waals surface area contributed by atoms with Crippen LogP contribution in [0.5, 0.6) is 0 Å². The summed E-state index contributed by atoms with van der Waals surface area (Å²) in [6.45, 7) is 9.28. The molecular weight excluding hydrogens is 324 g/mol. The van der Waals surface area contributed by atoms with Crippen molar-refractivity contribution < 1.29 is 4.79 Å². The molecule has 0 aliphatic heterocycles. The molecule has 1 aromatic carbocycles. The third-order valence-corrected chi connectivity index (χ3v) is 5.69. The van der Waals surface area contributed by atoms with Crippen LogP contribution in [0.4, 0.5) is 5.69 Å². The third kappa shape index (κ3) is 4.02. The maximum atomic E-state index is 11.8. The summed E-state index contributed by atoms with van der Waals surface area (Å²) in [5.41, 5.74) is 3.83. The molecule has 1 amide bonds. The molecule has 142 valence electrons. The predicted molar refractivity (Wildman–Crippen MR) is 108 cm³/mol. The van der Waals surface area contributed by atoms with E-state index < -0.39 is 0 Å². The van der Waals surface area contributed by atoms with Crippen molar-refractivity contribution in [3.05, 3.63) is 23.9 Å². The van der Waals surface area contributed by atoms with E-state index in [1.54, 1.807) is 6.92 Å². The molecule has 0 radical (unpaired) electrons. The van der Waals surface area contributed by atoms with Crippen LogP contribution in [0.1, 0.15) is 64.4 Å². The highest BCUT2D eigenvalue weighted by Gasteiger charge is 2.21. The molecular formula is C21H32N4O. The first-order chi connectivity index (χ1) is 12.6. The molecule has 0 unspecified atom stereocenters. The van der Waals surface area contributed by atoms with E-state index in [1.165, 1.54) is 42.3 Å². The second kappa shape index (κ2) is 8.56. The number of hydrogen-bond acceptors (Lipinski definition) is 3.